The van der Waals surface area contributed by atoms with Gasteiger partial charge in [0.15, 0.2) is 0 Å². The number of fused-ring (bicyclic) bond motifs is 6. The van der Waals surface area contributed by atoms with Crippen LogP contribution in [0.4, 0.5) is 0 Å². The number of hydrogen-bond donors (Lipinski definition) is 5. The van der Waals surface area contributed by atoms with Crippen molar-refractivity contribution >= 4 is 43.2 Å². The van der Waals surface area contributed by atoms with Gasteiger partial charge in [0.2, 0.25) is 0 Å². The summed E-state index contributed by atoms with van der Waals surface area (Å²) in [6.45, 7) is 0. The topological polar surface area (TPSA) is 180 Å². The summed E-state index contributed by atoms with van der Waals surface area (Å²) in [4.78, 5) is 49.1. The fourth-order valence-electron chi connectivity index (χ4n) is 5.21. The van der Waals surface area contributed by atoms with Crippen LogP contribution in [0.25, 0.3) is 21.5 Å². The van der Waals surface area contributed by atoms with Gasteiger partial charge in [-0.25, -0.2) is 13.9 Å². The highest BCUT2D eigenvalue weighted by molar-refractivity contribution is 7.47. The average molecular weight is 594 g/mol. The average Bonchev–Trinajstić information content (AvgIpc) is 2.89. The molecule has 0 saturated heterocycles. The maximum absolute atomic E-state index is 12.2. The zero-order valence-corrected chi connectivity index (χ0v) is 22.5. The van der Waals surface area contributed by atoms with E-state index in [4.69, 9.17) is 13.8 Å². The van der Waals surface area contributed by atoms with E-state index in [9.17, 15) is 38.6 Å². The van der Waals surface area contributed by atoms with Crippen molar-refractivity contribution in [1.82, 2.24) is 0 Å². The zero-order chi connectivity index (χ0) is 29.1. The molecule has 5 aromatic rings. The van der Waals surface area contributed by atoms with Crippen molar-refractivity contribution in [1.29, 1.82) is 0 Å². The lowest BCUT2D eigenvalue weighted by Crippen LogP contribution is -2.15. The van der Waals surface area contributed by atoms with Gasteiger partial charge < -0.3 is 18.9 Å². The van der Waals surface area contributed by atoms with Crippen LogP contribution < -0.4 is 13.8 Å². The number of carboxylic acid groups (broad SMARTS) is 1. The maximum Gasteiger partial charge on any atom is 0.524 e. The lowest BCUT2D eigenvalue weighted by Gasteiger charge is -2.31. The molecule has 0 amide bonds. The Morgan fingerprint density at radius 1 is 0.659 bits per heavy atom. The third-order valence-electron chi connectivity index (χ3n) is 6.72. The molecule has 5 aromatic carbocycles. The molecule has 0 spiro atoms. The van der Waals surface area contributed by atoms with Gasteiger partial charge >= 0.3 is 21.6 Å². The highest BCUT2D eigenvalue weighted by Gasteiger charge is 2.33. The number of carbonyl (C=O) groups is 1. The summed E-state index contributed by atoms with van der Waals surface area (Å²) in [5.74, 6) is -0.949. The third-order valence-corrected chi connectivity index (χ3v) is 7.62. The van der Waals surface area contributed by atoms with Crippen LogP contribution in [0.5, 0.6) is 23.0 Å². The Morgan fingerprint density at radius 2 is 1.15 bits per heavy atom. The molecule has 0 unspecified atom stereocenters. The van der Waals surface area contributed by atoms with Crippen LogP contribution in [0.2, 0.25) is 0 Å². The Bertz CT molecular complexity index is 1860. The maximum atomic E-state index is 12.2. The molecule has 13 heteroatoms. The van der Waals surface area contributed by atoms with Crippen molar-refractivity contribution in [2.45, 2.75) is 5.92 Å². The molecule has 1 aliphatic heterocycles. The molecule has 6 rings (SSSR count). The number of aromatic carboxylic acids is 1. The molecule has 41 heavy (non-hydrogen) atoms. The largest absolute Gasteiger partial charge is 0.524 e. The highest BCUT2D eigenvalue weighted by Crippen LogP contribution is 2.53. The Kier molecular flexibility index (Phi) is 6.39. The summed E-state index contributed by atoms with van der Waals surface area (Å²) in [5, 5.41) is 12.3. The van der Waals surface area contributed by atoms with E-state index in [1.807, 2.05) is 0 Å². The van der Waals surface area contributed by atoms with Crippen molar-refractivity contribution in [2.75, 3.05) is 0 Å². The number of benzene rings is 5. The van der Waals surface area contributed by atoms with Crippen molar-refractivity contribution in [3.8, 4) is 23.0 Å². The molecule has 208 valence electrons. The Balaban J connectivity index is 1.60. The second kappa shape index (κ2) is 9.71. The van der Waals surface area contributed by atoms with E-state index < -0.39 is 27.5 Å². The van der Waals surface area contributed by atoms with Gasteiger partial charge in [0.1, 0.15) is 23.0 Å². The van der Waals surface area contributed by atoms with E-state index >= 15 is 0 Å². The molecule has 0 bridgehead atoms. The van der Waals surface area contributed by atoms with Crippen LogP contribution in [0.15, 0.2) is 84.9 Å². The molecule has 1 aliphatic rings. The third kappa shape index (κ3) is 5.18. The second-order valence-corrected chi connectivity index (χ2v) is 11.7. The van der Waals surface area contributed by atoms with Gasteiger partial charge in [0.05, 0.1) is 5.56 Å². The van der Waals surface area contributed by atoms with Crippen molar-refractivity contribution in [3.63, 3.8) is 0 Å². The first kappa shape index (κ1) is 27.0. The minimum Gasteiger partial charge on any atom is -0.478 e. The normalized spacial score (nSPS) is 13.4. The highest BCUT2D eigenvalue weighted by atomic mass is 31.2. The molecule has 0 radical (unpaired) electrons. The van der Waals surface area contributed by atoms with Gasteiger partial charge in [-0.2, -0.15) is 0 Å². The van der Waals surface area contributed by atoms with Gasteiger partial charge in [-0.3, -0.25) is 19.6 Å². The fourth-order valence-corrected chi connectivity index (χ4v) is 5.99. The Labute approximate surface area is 231 Å². The van der Waals surface area contributed by atoms with E-state index in [0.29, 0.717) is 49.7 Å². The van der Waals surface area contributed by atoms with Crippen molar-refractivity contribution in [2.24, 2.45) is 0 Å². The van der Waals surface area contributed by atoms with Crippen LogP contribution in [-0.4, -0.2) is 30.6 Å². The van der Waals surface area contributed by atoms with Crippen molar-refractivity contribution in [3.05, 3.63) is 107 Å². The lowest BCUT2D eigenvalue weighted by molar-refractivity contribution is 0.0695. The lowest BCUT2D eigenvalue weighted by atomic mass is 9.79. The van der Waals surface area contributed by atoms with Gasteiger partial charge in [0, 0.05) is 27.8 Å². The predicted octanol–water partition coefficient (Wildman–Crippen LogP) is 5.92. The van der Waals surface area contributed by atoms with Gasteiger partial charge in [-0.1, -0.05) is 42.5 Å². The summed E-state index contributed by atoms with van der Waals surface area (Å²) in [6.07, 6.45) is 0. The molecule has 0 saturated carbocycles. The standard InChI is InChI=1S/C28H20O11P2/c29-28(30)22-4-2-1-3-21(22)25-23-9-5-15-13-17(38-40(31,32)33)7-11-19(15)26(23)37-27-20-12-8-18(39-41(34,35)36)14-16(20)6-10-24(25)27/h1-14,25H,(H,29,30)(H2,31,32,33)(H2,34,35,36). The Hall–Kier alpha value is -4.21. The fraction of sp³-hybridized carbons (Fsp3) is 0.0357. The van der Waals surface area contributed by atoms with E-state index in [1.165, 1.54) is 30.3 Å². The van der Waals surface area contributed by atoms with Crippen molar-refractivity contribution < 1.29 is 52.4 Å². The first-order valence-electron chi connectivity index (χ1n) is 12.0. The van der Waals surface area contributed by atoms with E-state index in [1.54, 1.807) is 54.6 Å². The Morgan fingerprint density at radius 3 is 1.61 bits per heavy atom. The molecule has 0 aromatic heterocycles. The smallest absolute Gasteiger partial charge is 0.478 e. The van der Waals surface area contributed by atoms with E-state index in [2.05, 4.69) is 0 Å². The zero-order valence-electron chi connectivity index (χ0n) is 20.7. The minimum atomic E-state index is -4.79. The summed E-state index contributed by atoms with van der Waals surface area (Å²) in [5.41, 5.74) is 1.96. The molecule has 5 N–H and O–H groups in total. The monoisotopic (exact) mass is 594 g/mol. The van der Waals surface area contributed by atoms with Crippen LogP contribution in [0, 0.1) is 0 Å². The molecular formula is C28H20O11P2. The number of phosphoric ester groups is 2. The minimum absolute atomic E-state index is 0.0437. The molecular weight excluding hydrogens is 574 g/mol. The number of rotatable bonds is 6. The number of hydrogen-bond acceptors (Lipinski definition) is 6. The summed E-state index contributed by atoms with van der Waals surface area (Å²) in [7, 11) is -9.58. The molecule has 0 fully saturated rings. The van der Waals surface area contributed by atoms with Crippen LogP contribution in [-0.2, 0) is 9.13 Å². The van der Waals surface area contributed by atoms with Gasteiger partial charge in [-0.05, 0) is 58.8 Å². The molecule has 11 nitrogen and oxygen atoms in total. The van der Waals surface area contributed by atoms with Crippen LogP contribution in [0.3, 0.4) is 0 Å². The second-order valence-electron chi connectivity index (χ2n) is 9.32. The van der Waals surface area contributed by atoms with E-state index in [-0.39, 0.29) is 17.1 Å². The summed E-state index contributed by atoms with van der Waals surface area (Å²) < 4.78 is 38.7. The number of carboxylic acids is 1. The molecule has 1 heterocycles. The van der Waals surface area contributed by atoms with Gasteiger partial charge in [-0.15, -0.1) is 0 Å². The summed E-state index contributed by atoms with van der Waals surface area (Å²) in [6, 6.07) is 22.6. The first-order chi connectivity index (χ1) is 19.4. The van der Waals surface area contributed by atoms with Crippen LogP contribution >= 0.6 is 15.6 Å². The van der Waals surface area contributed by atoms with Crippen LogP contribution in [0.1, 0.15) is 33.0 Å². The number of ether oxygens (including phenoxy) is 1. The summed E-state index contributed by atoms with van der Waals surface area (Å²) >= 11 is 0. The molecule has 0 atom stereocenters. The number of phosphoric acid groups is 2. The predicted molar refractivity (Wildman–Crippen MR) is 148 cm³/mol. The quantitative estimate of drug-likeness (QED) is 0.144. The van der Waals surface area contributed by atoms with Gasteiger partial charge in [0.25, 0.3) is 0 Å². The first-order valence-corrected chi connectivity index (χ1v) is 15.1. The molecule has 0 aliphatic carbocycles. The van der Waals surface area contributed by atoms with E-state index in [0.717, 1.165) is 0 Å². The SMILES string of the molecule is O=C(O)c1ccccc1C1c2ccc3cc(OP(=O)(O)O)ccc3c2Oc2c1ccc1cc(OP(=O)(O)O)ccc21.